The van der Waals surface area contributed by atoms with Crippen molar-refractivity contribution in [2.45, 2.75) is 0 Å². The lowest BCUT2D eigenvalue weighted by molar-refractivity contribution is 0.102. The minimum atomic E-state index is -0.714. The number of carbonyl (C=O) groups excluding carboxylic acids is 1. The predicted octanol–water partition coefficient (Wildman–Crippen LogP) is 2.83. The summed E-state index contributed by atoms with van der Waals surface area (Å²) in [7, 11) is 0. The number of nitrogens with one attached hydrogen (secondary N) is 1. The third-order valence-corrected chi connectivity index (χ3v) is 2.95. The molecule has 0 saturated heterocycles. The highest BCUT2D eigenvalue weighted by molar-refractivity contribution is 6.31. The van der Waals surface area contributed by atoms with Crippen LogP contribution in [-0.4, -0.2) is 17.0 Å². The van der Waals surface area contributed by atoms with Crippen LogP contribution < -0.4 is 11.1 Å². The SMILES string of the molecule is N/C(=N/O)c1c(F)cccc1NC(=O)c1cccc(Cl)c1. The molecule has 2 rings (SSSR count). The van der Waals surface area contributed by atoms with Gasteiger partial charge in [-0.3, -0.25) is 4.79 Å². The summed E-state index contributed by atoms with van der Waals surface area (Å²) in [4.78, 5) is 12.1. The number of oxime groups is 1. The number of anilines is 1. The van der Waals surface area contributed by atoms with Gasteiger partial charge < -0.3 is 16.3 Å². The number of hydrogen-bond donors (Lipinski definition) is 3. The highest BCUT2D eigenvalue weighted by atomic mass is 35.5. The first-order valence-corrected chi connectivity index (χ1v) is 6.24. The van der Waals surface area contributed by atoms with E-state index < -0.39 is 17.6 Å². The fourth-order valence-electron chi connectivity index (χ4n) is 1.76. The molecule has 0 radical (unpaired) electrons. The van der Waals surface area contributed by atoms with E-state index in [9.17, 15) is 9.18 Å². The fourth-order valence-corrected chi connectivity index (χ4v) is 1.95. The van der Waals surface area contributed by atoms with Crippen molar-refractivity contribution in [2.24, 2.45) is 10.9 Å². The van der Waals surface area contributed by atoms with Crippen molar-refractivity contribution >= 4 is 29.0 Å². The number of carbonyl (C=O) groups is 1. The molecule has 0 aromatic heterocycles. The van der Waals surface area contributed by atoms with Gasteiger partial charge in [0.2, 0.25) is 0 Å². The highest BCUT2D eigenvalue weighted by Crippen LogP contribution is 2.20. The standard InChI is InChI=1S/C14H11ClFN3O2/c15-9-4-1-3-8(7-9)14(20)18-11-6-2-5-10(16)12(11)13(17)19-21/h1-7,21H,(H2,17,19)(H,18,20). The van der Waals surface area contributed by atoms with Gasteiger partial charge in [0.25, 0.3) is 5.91 Å². The first-order chi connectivity index (χ1) is 10.0. The number of hydrogen-bond acceptors (Lipinski definition) is 3. The molecule has 5 nitrogen and oxygen atoms in total. The molecule has 1 amide bonds. The molecule has 0 saturated carbocycles. The number of halogens is 2. The molecule has 2 aromatic rings. The van der Waals surface area contributed by atoms with Crippen molar-refractivity contribution in [3.8, 4) is 0 Å². The number of benzene rings is 2. The van der Waals surface area contributed by atoms with Gasteiger partial charge in [-0.25, -0.2) is 4.39 Å². The Morgan fingerprint density at radius 2 is 2.00 bits per heavy atom. The van der Waals surface area contributed by atoms with E-state index >= 15 is 0 Å². The third kappa shape index (κ3) is 3.29. The second kappa shape index (κ2) is 6.23. The average molecular weight is 308 g/mol. The molecule has 0 aliphatic rings. The first-order valence-electron chi connectivity index (χ1n) is 5.86. The fraction of sp³-hybridized carbons (Fsp3) is 0. The molecule has 108 valence electrons. The minimum absolute atomic E-state index is 0.0928. The zero-order chi connectivity index (χ0) is 15.4. The van der Waals surface area contributed by atoms with E-state index in [1.165, 1.54) is 18.2 Å². The quantitative estimate of drug-likeness (QED) is 0.352. The van der Waals surface area contributed by atoms with Gasteiger partial charge in [0.1, 0.15) is 5.82 Å². The summed E-state index contributed by atoms with van der Waals surface area (Å²) in [5.41, 5.74) is 5.63. The van der Waals surface area contributed by atoms with Crippen LogP contribution in [0.15, 0.2) is 47.6 Å². The maximum absolute atomic E-state index is 13.8. The van der Waals surface area contributed by atoms with Crippen LogP contribution in [-0.2, 0) is 0 Å². The molecule has 0 aliphatic heterocycles. The summed E-state index contributed by atoms with van der Waals surface area (Å²) in [5, 5.41) is 14.3. The Hall–Kier alpha value is -2.60. The Bertz CT molecular complexity index is 719. The molecule has 0 fully saturated rings. The zero-order valence-corrected chi connectivity index (χ0v) is 11.4. The van der Waals surface area contributed by atoms with E-state index in [0.717, 1.165) is 6.07 Å². The van der Waals surface area contributed by atoms with E-state index in [0.29, 0.717) is 10.6 Å². The Kier molecular flexibility index (Phi) is 4.39. The largest absolute Gasteiger partial charge is 0.409 e. The number of amidine groups is 1. The molecule has 2 aromatic carbocycles. The molecule has 4 N–H and O–H groups in total. The van der Waals surface area contributed by atoms with Crippen LogP contribution in [0, 0.1) is 5.82 Å². The molecule has 0 atom stereocenters. The van der Waals surface area contributed by atoms with Crippen LogP contribution in [0.5, 0.6) is 0 Å². The molecular formula is C14H11ClFN3O2. The van der Waals surface area contributed by atoms with Crippen LogP contribution in [0.25, 0.3) is 0 Å². The van der Waals surface area contributed by atoms with Crippen LogP contribution in [0.2, 0.25) is 5.02 Å². The van der Waals surface area contributed by atoms with Crippen molar-refractivity contribution in [1.82, 2.24) is 0 Å². The lowest BCUT2D eigenvalue weighted by Crippen LogP contribution is -2.20. The van der Waals surface area contributed by atoms with Gasteiger partial charge in [-0.2, -0.15) is 0 Å². The van der Waals surface area contributed by atoms with Gasteiger partial charge in [-0.15, -0.1) is 0 Å². The summed E-state index contributed by atoms with van der Waals surface area (Å²) >= 11 is 5.81. The van der Waals surface area contributed by atoms with Crippen molar-refractivity contribution in [2.75, 3.05) is 5.32 Å². The maximum atomic E-state index is 13.8. The summed E-state index contributed by atoms with van der Waals surface area (Å²) < 4.78 is 13.8. The topological polar surface area (TPSA) is 87.7 Å². The van der Waals surface area contributed by atoms with Crippen molar-refractivity contribution in [3.05, 3.63) is 64.4 Å². The lowest BCUT2D eigenvalue weighted by Gasteiger charge is -2.11. The minimum Gasteiger partial charge on any atom is -0.409 e. The second-order valence-electron chi connectivity index (χ2n) is 4.11. The van der Waals surface area contributed by atoms with E-state index in [-0.39, 0.29) is 11.3 Å². The van der Waals surface area contributed by atoms with Gasteiger partial charge in [-0.05, 0) is 30.3 Å². The molecular weight excluding hydrogens is 297 g/mol. The van der Waals surface area contributed by atoms with Gasteiger partial charge >= 0.3 is 0 Å². The summed E-state index contributed by atoms with van der Waals surface area (Å²) in [6.07, 6.45) is 0. The smallest absolute Gasteiger partial charge is 0.255 e. The maximum Gasteiger partial charge on any atom is 0.255 e. The normalized spacial score (nSPS) is 11.2. The number of rotatable bonds is 3. The van der Waals surface area contributed by atoms with Gasteiger partial charge in [-0.1, -0.05) is 28.9 Å². The second-order valence-corrected chi connectivity index (χ2v) is 4.55. The Morgan fingerprint density at radius 3 is 2.67 bits per heavy atom. The van der Waals surface area contributed by atoms with Crippen LogP contribution >= 0.6 is 11.6 Å². The van der Waals surface area contributed by atoms with Gasteiger partial charge in [0.05, 0.1) is 11.3 Å². The molecule has 0 spiro atoms. The third-order valence-electron chi connectivity index (χ3n) is 2.71. The van der Waals surface area contributed by atoms with Crippen LogP contribution in [0.4, 0.5) is 10.1 Å². The van der Waals surface area contributed by atoms with E-state index in [1.54, 1.807) is 18.2 Å². The van der Waals surface area contributed by atoms with Gasteiger partial charge in [0.15, 0.2) is 5.84 Å². The monoisotopic (exact) mass is 307 g/mol. The van der Waals surface area contributed by atoms with E-state index in [2.05, 4.69) is 10.5 Å². The Balaban J connectivity index is 2.36. The molecule has 7 heteroatoms. The summed E-state index contributed by atoms with van der Waals surface area (Å²) in [6, 6.07) is 10.3. The molecule has 0 unspecified atom stereocenters. The molecule has 21 heavy (non-hydrogen) atoms. The molecule has 0 aliphatic carbocycles. The van der Waals surface area contributed by atoms with Crippen molar-refractivity contribution in [1.29, 1.82) is 0 Å². The highest BCUT2D eigenvalue weighted by Gasteiger charge is 2.15. The molecule has 0 heterocycles. The van der Waals surface area contributed by atoms with Crippen LogP contribution in [0.1, 0.15) is 15.9 Å². The summed E-state index contributed by atoms with van der Waals surface area (Å²) in [5.74, 6) is -1.64. The molecule has 0 bridgehead atoms. The average Bonchev–Trinajstić information content (AvgIpc) is 2.46. The first kappa shape index (κ1) is 14.8. The van der Waals surface area contributed by atoms with E-state index in [1.807, 2.05) is 0 Å². The van der Waals surface area contributed by atoms with Crippen molar-refractivity contribution < 1.29 is 14.4 Å². The Labute approximate surface area is 124 Å². The number of amides is 1. The number of nitrogens with two attached hydrogens (primary N) is 1. The number of nitrogens with zero attached hydrogens (tertiary/aromatic N) is 1. The van der Waals surface area contributed by atoms with Crippen molar-refractivity contribution in [3.63, 3.8) is 0 Å². The summed E-state index contributed by atoms with van der Waals surface area (Å²) in [6.45, 7) is 0. The Morgan fingerprint density at radius 1 is 1.29 bits per heavy atom. The zero-order valence-electron chi connectivity index (χ0n) is 10.7. The van der Waals surface area contributed by atoms with Crippen LogP contribution in [0.3, 0.4) is 0 Å². The van der Waals surface area contributed by atoms with E-state index in [4.69, 9.17) is 22.5 Å². The van der Waals surface area contributed by atoms with Gasteiger partial charge in [0, 0.05) is 10.6 Å². The lowest BCUT2D eigenvalue weighted by atomic mass is 10.1. The predicted molar refractivity (Wildman–Crippen MR) is 78.3 cm³/mol.